The van der Waals surface area contributed by atoms with E-state index in [2.05, 4.69) is 23.3 Å². The molecule has 8 atom stereocenters. The molecule has 54 heavy (non-hydrogen) atoms. The van der Waals surface area contributed by atoms with Crippen LogP contribution in [0.2, 0.25) is 0 Å². The summed E-state index contributed by atoms with van der Waals surface area (Å²) < 4.78 is 47.4. The highest BCUT2D eigenvalue weighted by Crippen LogP contribution is 2.26. The number of rotatable bonds is 36. The Hall–Kier alpha value is -0.940. The third kappa shape index (κ3) is 24.6. The molecule has 0 bridgehead atoms. The van der Waals surface area contributed by atoms with Gasteiger partial charge >= 0.3 is 10.4 Å². The molecular formula is C40H79NO12S. The Morgan fingerprint density at radius 1 is 0.667 bits per heavy atom. The number of hydrogen-bond donors (Lipinski definition) is 7. The van der Waals surface area contributed by atoms with Gasteiger partial charge in [-0.1, -0.05) is 174 Å². The van der Waals surface area contributed by atoms with Crippen molar-refractivity contribution < 1.29 is 57.0 Å². The molecule has 1 aliphatic heterocycles. The Balaban J connectivity index is 2.59. The van der Waals surface area contributed by atoms with Gasteiger partial charge in [-0.3, -0.25) is 9.35 Å². The number of nitrogens with one attached hydrogen (secondary N) is 1. The molecule has 8 unspecified atom stereocenters. The Morgan fingerprint density at radius 3 is 1.48 bits per heavy atom. The van der Waals surface area contributed by atoms with Crippen LogP contribution in [-0.4, -0.2) is 107 Å². The second-order valence-electron chi connectivity index (χ2n) is 15.4. The first kappa shape index (κ1) is 51.1. The lowest BCUT2D eigenvalue weighted by molar-refractivity contribution is -0.298. The van der Waals surface area contributed by atoms with Crippen LogP contribution in [0.3, 0.4) is 0 Å². The van der Waals surface area contributed by atoms with Crippen molar-refractivity contribution in [2.75, 3.05) is 13.2 Å². The normalized spacial score (nSPS) is 22.3. The van der Waals surface area contributed by atoms with Gasteiger partial charge in [0, 0.05) is 0 Å². The molecule has 1 heterocycles. The van der Waals surface area contributed by atoms with E-state index in [0.29, 0.717) is 19.3 Å². The fourth-order valence-electron chi connectivity index (χ4n) is 7.05. The summed E-state index contributed by atoms with van der Waals surface area (Å²) in [6, 6.07) is -1.03. The summed E-state index contributed by atoms with van der Waals surface area (Å²) in [7, 11) is -5.10. The summed E-state index contributed by atoms with van der Waals surface area (Å²) in [5, 5.41) is 55.1. The number of unbranched alkanes of at least 4 members (excludes halogenated alkanes) is 23. The molecule has 0 saturated carbocycles. The molecule has 0 aromatic heterocycles. The van der Waals surface area contributed by atoms with Gasteiger partial charge in [-0.25, -0.2) is 4.18 Å². The van der Waals surface area contributed by atoms with E-state index in [1.165, 1.54) is 109 Å². The number of ether oxygens (including phenoxy) is 2. The van der Waals surface area contributed by atoms with E-state index >= 15 is 0 Å². The second kappa shape index (κ2) is 32.1. The summed E-state index contributed by atoms with van der Waals surface area (Å²) >= 11 is 0. The Labute approximate surface area is 327 Å². The van der Waals surface area contributed by atoms with E-state index in [1.54, 1.807) is 0 Å². The fraction of sp³-hybridized carbons (Fsp3) is 0.975. The van der Waals surface area contributed by atoms with E-state index < -0.39 is 78.5 Å². The molecule has 14 heteroatoms. The fourth-order valence-corrected chi connectivity index (χ4v) is 7.56. The maximum absolute atomic E-state index is 13.0. The monoisotopic (exact) mass is 798 g/mol. The lowest BCUT2D eigenvalue weighted by atomic mass is 9.99. The zero-order valence-corrected chi connectivity index (χ0v) is 34.5. The van der Waals surface area contributed by atoms with Gasteiger partial charge in [0.25, 0.3) is 0 Å². The summed E-state index contributed by atoms with van der Waals surface area (Å²) in [6.07, 6.45) is 18.8. The Kier molecular flexibility index (Phi) is 30.3. The highest BCUT2D eigenvalue weighted by atomic mass is 32.3. The molecule has 322 valence electrons. The van der Waals surface area contributed by atoms with Crippen LogP contribution in [0, 0.1) is 0 Å². The van der Waals surface area contributed by atoms with Crippen molar-refractivity contribution in [1.82, 2.24) is 5.32 Å². The molecule has 0 aromatic carbocycles. The van der Waals surface area contributed by atoms with Gasteiger partial charge in [0.2, 0.25) is 5.91 Å². The molecule has 0 radical (unpaired) electrons. The molecule has 1 saturated heterocycles. The van der Waals surface area contributed by atoms with E-state index in [9.17, 15) is 38.7 Å². The lowest BCUT2D eigenvalue weighted by Crippen LogP contribution is -2.61. The topological polar surface area (TPSA) is 212 Å². The minimum Gasteiger partial charge on any atom is -0.394 e. The molecule has 13 nitrogen and oxygen atoms in total. The van der Waals surface area contributed by atoms with Crippen LogP contribution in [0.15, 0.2) is 0 Å². The molecule has 7 N–H and O–H groups in total. The minimum absolute atomic E-state index is 0.264. The number of hydrogen-bond acceptors (Lipinski definition) is 11. The maximum atomic E-state index is 13.0. The number of carbonyl (C=O) groups excluding carboxylic acids is 1. The van der Waals surface area contributed by atoms with Gasteiger partial charge in [0.15, 0.2) is 6.29 Å². The van der Waals surface area contributed by atoms with Gasteiger partial charge in [-0.2, -0.15) is 8.42 Å². The quantitative estimate of drug-likeness (QED) is 0.0271. The van der Waals surface area contributed by atoms with Crippen molar-refractivity contribution in [3.63, 3.8) is 0 Å². The van der Waals surface area contributed by atoms with Gasteiger partial charge in [0.05, 0.1) is 25.4 Å². The molecule has 0 aliphatic carbocycles. The van der Waals surface area contributed by atoms with Crippen LogP contribution in [0.4, 0.5) is 0 Å². The minimum atomic E-state index is -5.10. The number of aliphatic hydroxyl groups is 5. The molecule has 1 aliphatic rings. The van der Waals surface area contributed by atoms with Crippen molar-refractivity contribution in [1.29, 1.82) is 0 Å². The summed E-state index contributed by atoms with van der Waals surface area (Å²) in [5.41, 5.74) is 0. The molecular weight excluding hydrogens is 719 g/mol. The van der Waals surface area contributed by atoms with E-state index in [4.69, 9.17) is 14.0 Å². The summed E-state index contributed by atoms with van der Waals surface area (Å²) in [5.74, 6) is -0.671. The Bertz CT molecular complexity index is 1010. The molecule has 1 rings (SSSR count). The molecule has 1 fully saturated rings. The molecule has 0 aromatic rings. The second-order valence-corrected chi connectivity index (χ2v) is 16.5. The van der Waals surface area contributed by atoms with Crippen LogP contribution in [0.25, 0.3) is 0 Å². The number of carbonyl (C=O) groups is 1. The first-order chi connectivity index (χ1) is 25.9. The van der Waals surface area contributed by atoms with Crippen molar-refractivity contribution in [2.24, 2.45) is 0 Å². The average Bonchev–Trinajstić information content (AvgIpc) is 3.14. The summed E-state index contributed by atoms with van der Waals surface area (Å²) in [6.45, 7) is 3.24. The maximum Gasteiger partial charge on any atom is 0.397 e. The smallest absolute Gasteiger partial charge is 0.394 e. The average molecular weight is 798 g/mol. The van der Waals surface area contributed by atoms with Gasteiger partial charge < -0.3 is 40.3 Å². The first-order valence-electron chi connectivity index (χ1n) is 21.5. The van der Waals surface area contributed by atoms with Crippen LogP contribution in [0.1, 0.15) is 187 Å². The van der Waals surface area contributed by atoms with Crippen LogP contribution in [-0.2, 0) is 28.9 Å². The standard InChI is InChI=1S/C40H79NO12S/c1-3-5-7-9-11-13-14-15-16-17-18-19-21-22-24-26-28-33(43)32(41-39(47)34(44)29-27-25-23-20-12-10-8-6-4-2)31-51-40-37(46)38(53-54(48,49)50)36(45)35(30-42)52-40/h32-38,40,42-46H,3-31H2,1-2H3,(H,41,47)(H,48,49,50). The summed E-state index contributed by atoms with van der Waals surface area (Å²) in [4.78, 5) is 13.0. The predicted molar refractivity (Wildman–Crippen MR) is 210 cm³/mol. The zero-order chi connectivity index (χ0) is 40.0. The highest BCUT2D eigenvalue weighted by molar-refractivity contribution is 7.80. The lowest BCUT2D eigenvalue weighted by Gasteiger charge is -2.41. The predicted octanol–water partition coefficient (Wildman–Crippen LogP) is 6.41. The van der Waals surface area contributed by atoms with Gasteiger partial charge in [-0.15, -0.1) is 0 Å². The SMILES string of the molecule is CCCCCCCCCCCCCCCCCCC(O)C(COC1OC(CO)C(O)C(OS(=O)(=O)O)C1O)NC(=O)C(O)CCCCCCCCCCC. The third-order valence-electron chi connectivity index (χ3n) is 10.5. The van der Waals surface area contributed by atoms with Crippen molar-refractivity contribution in [2.45, 2.75) is 236 Å². The number of amides is 1. The van der Waals surface area contributed by atoms with E-state index in [1.807, 2.05) is 0 Å². The van der Waals surface area contributed by atoms with Crippen LogP contribution >= 0.6 is 0 Å². The molecule has 1 amide bonds. The van der Waals surface area contributed by atoms with Crippen LogP contribution < -0.4 is 5.32 Å². The van der Waals surface area contributed by atoms with E-state index in [-0.39, 0.29) is 6.42 Å². The van der Waals surface area contributed by atoms with Gasteiger partial charge in [-0.05, 0) is 12.8 Å². The zero-order valence-electron chi connectivity index (χ0n) is 33.7. The van der Waals surface area contributed by atoms with Crippen molar-refractivity contribution in [3.05, 3.63) is 0 Å². The van der Waals surface area contributed by atoms with Crippen molar-refractivity contribution >= 4 is 16.3 Å². The Morgan fingerprint density at radius 2 is 1.07 bits per heavy atom. The number of aliphatic hydroxyl groups excluding tert-OH is 5. The molecule has 0 spiro atoms. The van der Waals surface area contributed by atoms with Crippen LogP contribution in [0.5, 0.6) is 0 Å². The first-order valence-corrected chi connectivity index (χ1v) is 22.9. The third-order valence-corrected chi connectivity index (χ3v) is 11.0. The highest BCUT2D eigenvalue weighted by Gasteiger charge is 2.48. The van der Waals surface area contributed by atoms with Gasteiger partial charge in [0.1, 0.15) is 30.5 Å². The van der Waals surface area contributed by atoms with E-state index in [0.717, 1.165) is 38.5 Å². The largest absolute Gasteiger partial charge is 0.397 e. The van der Waals surface area contributed by atoms with Crippen molar-refractivity contribution in [3.8, 4) is 0 Å².